The summed E-state index contributed by atoms with van der Waals surface area (Å²) in [6, 6.07) is 1.87. The first-order chi connectivity index (χ1) is 11.6. The molecule has 8 heteroatoms. The van der Waals surface area contributed by atoms with Crippen LogP contribution in [0, 0.1) is 19.8 Å². The van der Waals surface area contributed by atoms with E-state index in [9.17, 15) is 4.79 Å². The fourth-order valence-corrected chi connectivity index (χ4v) is 3.89. The summed E-state index contributed by atoms with van der Waals surface area (Å²) in [6.07, 6.45) is 2.57. The number of carbonyl (C=O) groups excluding carboxylic acids is 1. The Hall–Kier alpha value is -2.19. The van der Waals surface area contributed by atoms with Crippen LogP contribution < -0.4 is 5.32 Å². The molecule has 1 fully saturated rings. The summed E-state index contributed by atoms with van der Waals surface area (Å²) < 4.78 is 12.7. The predicted molar refractivity (Wildman–Crippen MR) is 88.3 cm³/mol. The van der Waals surface area contributed by atoms with Crippen LogP contribution in [-0.2, 0) is 11.2 Å². The molecule has 0 aromatic carbocycles. The number of hydrogen-bond acceptors (Lipinski definition) is 6. The van der Waals surface area contributed by atoms with Crippen LogP contribution in [0.3, 0.4) is 0 Å². The molecule has 0 radical (unpaired) electrons. The summed E-state index contributed by atoms with van der Waals surface area (Å²) in [6.45, 7) is 4.86. The van der Waals surface area contributed by atoms with Gasteiger partial charge in [0.05, 0.1) is 30.6 Å². The number of hydrogen-bond donors (Lipinski definition) is 1. The Bertz CT molecular complexity index is 881. The SMILES string of the molecule is Cc1cc(CC2COCC2NC(=O)c2c(C)nc3sccn23)on1. The van der Waals surface area contributed by atoms with Gasteiger partial charge in [-0.2, -0.15) is 0 Å². The number of aryl methyl sites for hydroxylation is 2. The summed E-state index contributed by atoms with van der Waals surface area (Å²) >= 11 is 1.51. The molecular weight excluding hydrogens is 328 g/mol. The van der Waals surface area contributed by atoms with Crippen molar-refractivity contribution in [1.29, 1.82) is 0 Å². The number of carbonyl (C=O) groups is 1. The van der Waals surface area contributed by atoms with Gasteiger partial charge >= 0.3 is 0 Å². The van der Waals surface area contributed by atoms with Crippen LogP contribution in [0.25, 0.3) is 4.96 Å². The third-order valence-corrected chi connectivity index (χ3v) is 5.06. The van der Waals surface area contributed by atoms with Crippen molar-refractivity contribution < 1.29 is 14.1 Å². The number of fused-ring (bicyclic) bond motifs is 1. The van der Waals surface area contributed by atoms with E-state index in [2.05, 4.69) is 15.5 Å². The highest BCUT2D eigenvalue weighted by molar-refractivity contribution is 7.15. The molecule has 3 aromatic heterocycles. The highest BCUT2D eigenvalue weighted by atomic mass is 32.1. The van der Waals surface area contributed by atoms with Gasteiger partial charge in [0.1, 0.15) is 11.5 Å². The summed E-state index contributed by atoms with van der Waals surface area (Å²) in [5, 5.41) is 8.93. The Morgan fingerprint density at radius 3 is 3.12 bits per heavy atom. The second-order valence-electron chi connectivity index (χ2n) is 6.12. The number of aromatic nitrogens is 3. The van der Waals surface area contributed by atoms with Crippen LogP contribution >= 0.6 is 11.3 Å². The van der Waals surface area contributed by atoms with Crippen LogP contribution in [0.4, 0.5) is 0 Å². The van der Waals surface area contributed by atoms with Crippen LogP contribution in [0.5, 0.6) is 0 Å². The Labute approximate surface area is 142 Å². The largest absolute Gasteiger partial charge is 0.379 e. The molecular formula is C16H18N4O3S. The van der Waals surface area contributed by atoms with Gasteiger partial charge in [-0.3, -0.25) is 9.20 Å². The second kappa shape index (κ2) is 6.03. The zero-order valence-corrected chi connectivity index (χ0v) is 14.3. The molecule has 0 bridgehead atoms. The van der Waals surface area contributed by atoms with Crippen LogP contribution in [0.2, 0.25) is 0 Å². The maximum Gasteiger partial charge on any atom is 0.270 e. The van der Waals surface area contributed by atoms with E-state index in [0.717, 1.165) is 22.1 Å². The van der Waals surface area contributed by atoms with E-state index in [0.29, 0.717) is 25.3 Å². The van der Waals surface area contributed by atoms with Gasteiger partial charge in [0.15, 0.2) is 4.96 Å². The Morgan fingerprint density at radius 1 is 1.46 bits per heavy atom. The van der Waals surface area contributed by atoms with E-state index in [1.54, 1.807) is 0 Å². The van der Waals surface area contributed by atoms with Crippen LogP contribution in [-0.4, -0.2) is 39.7 Å². The minimum Gasteiger partial charge on any atom is -0.379 e. The number of nitrogens with zero attached hydrogens (tertiary/aromatic N) is 3. The van der Waals surface area contributed by atoms with E-state index in [-0.39, 0.29) is 17.9 Å². The number of ether oxygens (including phenoxy) is 1. The van der Waals surface area contributed by atoms with Gasteiger partial charge in [0.2, 0.25) is 0 Å². The number of imidazole rings is 1. The lowest BCUT2D eigenvalue weighted by Gasteiger charge is -2.18. The molecule has 1 amide bonds. The Morgan fingerprint density at radius 2 is 2.33 bits per heavy atom. The molecule has 1 N–H and O–H groups in total. The third-order valence-electron chi connectivity index (χ3n) is 4.31. The van der Waals surface area contributed by atoms with Crippen LogP contribution in [0.15, 0.2) is 22.2 Å². The normalized spacial score (nSPS) is 20.8. The number of amides is 1. The molecule has 126 valence electrons. The van der Waals surface area contributed by atoms with Crippen LogP contribution in [0.1, 0.15) is 27.6 Å². The number of thiazole rings is 1. The number of nitrogens with one attached hydrogen (secondary N) is 1. The Balaban J connectivity index is 1.50. The molecule has 0 aliphatic carbocycles. The summed E-state index contributed by atoms with van der Waals surface area (Å²) in [4.78, 5) is 18.0. The zero-order chi connectivity index (χ0) is 16.7. The highest BCUT2D eigenvalue weighted by Gasteiger charge is 2.32. The summed E-state index contributed by atoms with van der Waals surface area (Å²) in [5.74, 6) is 0.878. The average Bonchev–Trinajstić information content (AvgIpc) is 3.27. The molecule has 24 heavy (non-hydrogen) atoms. The van der Waals surface area contributed by atoms with Crippen molar-refractivity contribution in [3.05, 3.63) is 40.5 Å². The number of rotatable bonds is 4. The van der Waals surface area contributed by atoms with E-state index in [4.69, 9.17) is 9.26 Å². The molecule has 4 rings (SSSR count). The van der Waals surface area contributed by atoms with Gasteiger partial charge in [0, 0.05) is 30.0 Å². The van der Waals surface area contributed by atoms with Crippen molar-refractivity contribution in [2.24, 2.45) is 5.92 Å². The molecule has 0 spiro atoms. The van der Waals surface area contributed by atoms with Gasteiger partial charge < -0.3 is 14.6 Å². The fourth-order valence-electron chi connectivity index (χ4n) is 3.13. The molecule has 0 saturated carbocycles. The van der Waals surface area contributed by atoms with Crippen molar-refractivity contribution in [1.82, 2.24) is 19.9 Å². The average molecular weight is 346 g/mol. The molecule has 2 atom stereocenters. The van der Waals surface area contributed by atoms with Gasteiger partial charge in [-0.1, -0.05) is 5.16 Å². The van der Waals surface area contributed by atoms with Gasteiger partial charge in [-0.15, -0.1) is 11.3 Å². The van der Waals surface area contributed by atoms with Gasteiger partial charge in [-0.25, -0.2) is 4.98 Å². The lowest BCUT2D eigenvalue weighted by molar-refractivity contribution is 0.0918. The summed E-state index contributed by atoms with van der Waals surface area (Å²) in [7, 11) is 0. The van der Waals surface area contributed by atoms with Crippen molar-refractivity contribution in [3.8, 4) is 0 Å². The predicted octanol–water partition coefficient (Wildman–Crippen LogP) is 1.99. The lowest BCUT2D eigenvalue weighted by atomic mass is 9.98. The van der Waals surface area contributed by atoms with E-state index < -0.39 is 0 Å². The van der Waals surface area contributed by atoms with E-state index >= 15 is 0 Å². The molecule has 7 nitrogen and oxygen atoms in total. The van der Waals surface area contributed by atoms with Gasteiger partial charge in [-0.05, 0) is 13.8 Å². The first-order valence-electron chi connectivity index (χ1n) is 7.85. The maximum atomic E-state index is 12.7. The van der Waals surface area contributed by atoms with Crippen molar-refractivity contribution in [3.63, 3.8) is 0 Å². The Kier molecular flexibility index (Phi) is 3.85. The van der Waals surface area contributed by atoms with Crippen molar-refractivity contribution in [2.45, 2.75) is 26.3 Å². The molecule has 1 aliphatic rings. The quantitative estimate of drug-likeness (QED) is 0.781. The van der Waals surface area contributed by atoms with E-state index in [1.807, 2.05) is 35.9 Å². The minimum atomic E-state index is -0.118. The molecule has 1 saturated heterocycles. The highest BCUT2D eigenvalue weighted by Crippen LogP contribution is 2.21. The standard InChI is InChI=1S/C16H18N4O3S/c1-9-5-12(23-19-9)6-11-7-22-8-13(11)18-15(21)14-10(2)17-16-20(14)3-4-24-16/h3-5,11,13H,6-8H2,1-2H3,(H,18,21). The third kappa shape index (κ3) is 2.71. The van der Waals surface area contributed by atoms with Crippen molar-refractivity contribution in [2.75, 3.05) is 13.2 Å². The molecule has 2 unspecified atom stereocenters. The molecule has 1 aliphatic heterocycles. The summed E-state index contributed by atoms with van der Waals surface area (Å²) in [5.41, 5.74) is 2.19. The second-order valence-corrected chi connectivity index (χ2v) is 6.99. The first-order valence-corrected chi connectivity index (χ1v) is 8.72. The minimum absolute atomic E-state index is 0.0495. The van der Waals surface area contributed by atoms with Crippen molar-refractivity contribution >= 4 is 22.2 Å². The maximum absolute atomic E-state index is 12.7. The zero-order valence-electron chi connectivity index (χ0n) is 13.5. The first kappa shape index (κ1) is 15.3. The fraction of sp³-hybridized carbons (Fsp3) is 0.438. The smallest absolute Gasteiger partial charge is 0.270 e. The lowest BCUT2D eigenvalue weighted by Crippen LogP contribution is -2.41. The van der Waals surface area contributed by atoms with E-state index in [1.165, 1.54) is 11.3 Å². The van der Waals surface area contributed by atoms with Gasteiger partial charge in [0.25, 0.3) is 5.91 Å². The molecule has 3 aromatic rings. The molecule has 4 heterocycles. The monoisotopic (exact) mass is 346 g/mol. The topological polar surface area (TPSA) is 81.7 Å².